The number of ether oxygens (including phenoxy) is 1. The number of halogens is 3. The number of hydrogen-bond acceptors (Lipinski definition) is 4. The average Bonchev–Trinajstić information content (AvgIpc) is 3.14. The lowest BCUT2D eigenvalue weighted by molar-refractivity contribution is -0.123. The molecule has 2 aromatic rings. The standard InChI is InChI=1S/C20H17F3N2O4/c1-11(19(27)24-14-9-8-13(21)17(22)18(14)23)29-20(28)12-5-2-3-6-15(12)25-10-4-7-16(25)26/h2-3,5-6,8-9,11H,4,7,10H2,1H3,(H,24,27)/t11-/m1/s1. The number of para-hydroxylation sites is 1. The smallest absolute Gasteiger partial charge is 0.341 e. The molecule has 0 spiro atoms. The second-order valence-electron chi connectivity index (χ2n) is 6.43. The molecule has 0 saturated carbocycles. The zero-order valence-electron chi connectivity index (χ0n) is 15.4. The van der Waals surface area contributed by atoms with Crippen molar-refractivity contribution < 1.29 is 32.3 Å². The number of nitrogens with zero attached hydrogens (tertiary/aromatic N) is 1. The average molecular weight is 406 g/mol. The van der Waals surface area contributed by atoms with Gasteiger partial charge in [0, 0.05) is 13.0 Å². The number of benzene rings is 2. The van der Waals surface area contributed by atoms with Crippen LogP contribution in [0.1, 0.15) is 30.1 Å². The number of hydrogen-bond donors (Lipinski definition) is 1. The van der Waals surface area contributed by atoms with Gasteiger partial charge in [-0.15, -0.1) is 0 Å². The van der Waals surface area contributed by atoms with Gasteiger partial charge in [0.1, 0.15) is 0 Å². The number of amides is 2. The van der Waals surface area contributed by atoms with Crippen LogP contribution in [-0.4, -0.2) is 30.4 Å². The molecule has 0 aromatic heterocycles. The second kappa shape index (κ2) is 8.34. The summed E-state index contributed by atoms with van der Waals surface area (Å²) in [5.41, 5.74) is -0.111. The van der Waals surface area contributed by atoms with Crippen LogP contribution in [0.25, 0.3) is 0 Å². The van der Waals surface area contributed by atoms with Crippen molar-refractivity contribution in [3.05, 3.63) is 59.4 Å². The van der Waals surface area contributed by atoms with E-state index in [2.05, 4.69) is 0 Å². The molecule has 2 amide bonds. The van der Waals surface area contributed by atoms with Gasteiger partial charge < -0.3 is 15.0 Å². The highest BCUT2D eigenvalue weighted by Gasteiger charge is 2.28. The first-order valence-electron chi connectivity index (χ1n) is 8.84. The first-order chi connectivity index (χ1) is 13.8. The molecule has 0 bridgehead atoms. The number of anilines is 2. The highest BCUT2D eigenvalue weighted by atomic mass is 19.2. The van der Waals surface area contributed by atoms with Crippen LogP contribution < -0.4 is 10.2 Å². The van der Waals surface area contributed by atoms with Crippen molar-refractivity contribution in [3.63, 3.8) is 0 Å². The van der Waals surface area contributed by atoms with Crippen LogP contribution in [0.4, 0.5) is 24.5 Å². The largest absolute Gasteiger partial charge is 0.449 e. The van der Waals surface area contributed by atoms with Crippen molar-refractivity contribution in [3.8, 4) is 0 Å². The van der Waals surface area contributed by atoms with E-state index in [4.69, 9.17) is 4.74 Å². The third kappa shape index (κ3) is 4.23. The van der Waals surface area contributed by atoms with E-state index >= 15 is 0 Å². The Kier molecular flexibility index (Phi) is 5.86. The highest BCUT2D eigenvalue weighted by Crippen LogP contribution is 2.26. The van der Waals surface area contributed by atoms with E-state index in [-0.39, 0.29) is 11.5 Å². The number of carbonyl (C=O) groups is 3. The summed E-state index contributed by atoms with van der Waals surface area (Å²) in [4.78, 5) is 38.2. The summed E-state index contributed by atoms with van der Waals surface area (Å²) in [7, 11) is 0. The Morgan fingerprint density at radius 2 is 1.83 bits per heavy atom. The van der Waals surface area contributed by atoms with Crippen LogP contribution >= 0.6 is 0 Å². The molecule has 0 radical (unpaired) electrons. The minimum Gasteiger partial charge on any atom is -0.449 e. The Labute approximate surface area is 164 Å². The summed E-state index contributed by atoms with van der Waals surface area (Å²) < 4.78 is 45.1. The Hall–Kier alpha value is -3.36. The molecule has 9 heteroatoms. The van der Waals surface area contributed by atoms with Crippen molar-refractivity contribution in [1.29, 1.82) is 0 Å². The fraction of sp³-hybridized carbons (Fsp3) is 0.250. The minimum absolute atomic E-state index is 0.0985. The van der Waals surface area contributed by atoms with Crippen LogP contribution in [0.15, 0.2) is 36.4 Å². The molecule has 3 rings (SSSR count). The van der Waals surface area contributed by atoms with Crippen molar-refractivity contribution >= 4 is 29.2 Å². The summed E-state index contributed by atoms with van der Waals surface area (Å²) in [6.45, 7) is 1.71. The zero-order valence-corrected chi connectivity index (χ0v) is 15.4. The molecule has 1 saturated heterocycles. The lowest BCUT2D eigenvalue weighted by Crippen LogP contribution is -2.31. The van der Waals surface area contributed by atoms with Crippen molar-refractivity contribution in [2.45, 2.75) is 25.9 Å². The van der Waals surface area contributed by atoms with E-state index in [1.807, 2.05) is 5.32 Å². The number of rotatable bonds is 5. The maximum Gasteiger partial charge on any atom is 0.341 e. The molecule has 1 aliphatic rings. The Balaban J connectivity index is 1.72. The second-order valence-corrected chi connectivity index (χ2v) is 6.43. The Morgan fingerprint density at radius 3 is 2.52 bits per heavy atom. The molecule has 6 nitrogen and oxygen atoms in total. The van der Waals surface area contributed by atoms with Gasteiger partial charge in [0.25, 0.3) is 5.91 Å². The summed E-state index contributed by atoms with van der Waals surface area (Å²) in [5.74, 6) is -6.59. The number of esters is 1. The van der Waals surface area contributed by atoms with Crippen molar-refractivity contribution in [2.24, 2.45) is 0 Å². The molecular weight excluding hydrogens is 389 g/mol. The van der Waals surface area contributed by atoms with Crippen LogP contribution in [0, 0.1) is 17.5 Å². The van der Waals surface area contributed by atoms with Gasteiger partial charge in [-0.1, -0.05) is 12.1 Å². The zero-order chi connectivity index (χ0) is 21.1. The fourth-order valence-electron chi connectivity index (χ4n) is 2.92. The Bertz CT molecular complexity index is 980. The van der Waals surface area contributed by atoms with Gasteiger partial charge in [-0.05, 0) is 37.6 Å². The molecule has 0 unspecified atom stereocenters. The lowest BCUT2D eigenvalue weighted by Gasteiger charge is -2.20. The molecule has 1 aliphatic heterocycles. The van der Waals surface area contributed by atoms with Gasteiger partial charge in [-0.25, -0.2) is 18.0 Å². The molecular formula is C20H17F3N2O4. The summed E-state index contributed by atoms with van der Waals surface area (Å²) in [5, 5.41) is 2.05. The summed E-state index contributed by atoms with van der Waals surface area (Å²) in [6.07, 6.45) is -0.319. The topological polar surface area (TPSA) is 75.7 Å². The third-order valence-corrected chi connectivity index (χ3v) is 4.43. The van der Waals surface area contributed by atoms with Crippen molar-refractivity contribution in [2.75, 3.05) is 16.8 Å². The van der Waals surface area contributed by atoms with Gasteiger partial charge in [-0.3, -0.25) is 9.59 Å². The van der Waals surface area contributed by atoms with Gasteiger partial charge in [0.15, 0.2) is 23.6 Å². The van der Waals surface area contributed by atoms with E-state index in [1.54, 1.807) is 18.2 Å². The third-order valence-electron chi connectivity index (χ3n) is 4.43. The maximum absolute atomic E-state index is 13.7. The molecule has 0 aliphatic carbocycles. The Morgan fingerprint density at radius 1 is 1.10 bits per heavy atom. The predicted molar refractivity (Wildman–Crippen MR) is 97.9 cm³/mol. The number of carbonyl (C=O) groups excluding carboxylic acids is 3. The van der Waals surface area contributed by atoms with E-state index in [1.165, 1.54) is 17.9 Å². The van der Waals surface area contributed by atoms with Crippen LogP contribution in [-0.2, 0) is 14.3 Å². The monoisotopic (exact) mass is 406 g/mol. The molecule has 1 N–H and O–H groups in total. The van der Waals surface area contributed by atoms with Crippen molar-refractivity contribution in [1.82, 2.24) is 0 Å². The van der Waals surface area contributed by atoms with E-state index < -0.39 is 41.1 Å². The summed E-state index contributed by atoms with van der Waals surface area (Å²) >= 11 is 0. The number of nitrogens with one attached hydrogen (secondary N) is 1. The van der Waals surface area contributed by atoms with Gasteiger partial charge in [-0.2, -0.15) is 0 Å². The predicted octanol–water partition coefficient (Wildman–Crippen LogP) is 3.41. The lowest BCUT2D eigenvalue weighted by atomic mass is 10.1. The van der Waals surface area contributed by atoms with E-state index in [9.17, 15) is 27.6 Å². The van der Waals surface area contributed by atoms with Gasteiger partial charge in [0.05, 0.1) is 16.9 Å². The molecule has 29 heavy (non-hydrogen) atoms. The van der Waals surface area contributed by atoms with Crippen LogP contribution in [0.2, 0.25) is 0 Å². The molecule has 1 atom stereocenters. The summed E-state index contributed by atoms with van der Waals surface area (Å²) in [6, 6.07) is 7.83. The fourth-order valence-corrected chi connectivity index (χ4v) is 2.92. The van der Waals surface area contributed by atoms with Gasteiger partial charge >= 0.3 is 5.97 Å². The molecule has 1 fully saturated rings. The first kappa shape index (κ1) is 20.4. The minimum atomic E-state index is -1.73. The first-order valence-corrected chi connectivity index (χ1v) is 8.84. The van der Waals surface area contributed by atoms with Crippen LogP contribution in [0.3, 0.4) is 0 Å². The molecule has 152 valence electrons. The van der Waals surface area contributed by atoms with E-state index in [0.717, 1.165) is 6.07 Å². The highest BCUT2D eigenvalue weighted by molar-refractivity contribution is 6.04. The quantitative estimate of drug-likeness (QED) is 0.610. The van der Waals surface area contributed by atoms with Gasteiger partial charge in [0.2, 0.25) is 5.91 Å². The molecule has 2 aromatic carbocycles. The normalized spacial score (nSPS) is 14.6. The maximum atomic E-state index is 13.7. The molecule has 1 heterocycles. The SMILES string of the molecule is C[C@@H](OC(=O)c1ccccc1N1CCCC1=O)C(=O)Nc1ccc(F)c(F)c1F. The van der Waals surface area contributed by atoms with Crippen LogP contribution in [0.5, 0.6) is 0 Å². The van der Waals surface area contributed by atoms with E-state index in [0.29, 0.717) is 31.1 Å².